The molecular formula is C13H17BrN2O3. The summed E-state index contributed by atoms with van der Waals surface area (Å²) in [6.45, 7) is 3.38. The first-order valence-corrected chi connectivity index (χ1v) is 7.41. The van der Waals surface area contributed by atoms with Gasteiger partial charge in [0.25, 0.3) is 5.91 Å². The molecule has 0 aromatic carbocycles. The van der Waals surface area contributed by atoms with E-state index in [9.17, 15) is 4.79 Å². The van der Waals surface area contributed by atoms with E-state index in [4.69, 9.17) is 9.15 Å². The maximum Gasteiger partial charge on any atom is 0.287 e. The fraction of sp³-hybridized carbons (Fsp3) is 0.615. The Morgan fingerprint density at radius 3 is 3.21 bits per heavy atom. The maximum absolute atomic E-state index is 11.8. The highest BCUT2D eigenvalue weighted by atomic mass is 79.9. The largest absolute Gasteiger partial charge is 0.444 e. The van der Waals surface area contributed by atoms with Gasteiger partial charge in [-0.1, -0.05) is 0 Å². The van der Waals surface area contributed by atoms with Crippen LogP contribution in [0.4, 0.5) is 0 Å². The van der Waals surface area contributed by atoms with Crippen molar-refractivity contribution in [3.8, 4) is 0 Å². The van der Waals surface area contributed by atoms with E-state index in [0.29, 0.717) is 23.0 Å². The zero-order valence-electron chi connectivity index (χ0n) is 10.6. The molecule has 1 aromatic rings. The quantitative estimate of drug-likeness (QED) is 0.916. The van der Waals surface area contributed by atoms with Crippen molar-refractivity contribution in [2.75, 3.05) is 26.2 Å². The van der Waals surface area contributed by atoms with Crippen molar-refractivity contribution in [3.05, 3.63) is 22.6 Å². The highest BCUT2D eigenvalue weighted by Crippen LogP contribution is 2.22. The molecule has 0 saturated carbocycles. The lowest BCUT2D eigenvalue weighted by Gasteiger charge is -2.35. The van der Waals surface area contributed by atoms with Gasteiger partial charge in [-0.25, -0.2) is 0 Å². The molecule has 6 heteroatoms. The van der Waals surface area contributed by atoms with Crippen molar-refractivity contribution < 1.29 is 13.9 Å². The van der Waals surface area contributed by atoms with Crippen LogP contribution in [0.5, 0.6) is 0 Å². The van der Waals surface area contributed by atoms with E-state index in [1.807, 2.05) is 0 Å². The second-order valence-electron chi connectivity index (χ2n) is 5.06. The molecule has 104 valence electrons. The summed E-state index contributed by atoms with van der Waals surface area (Å²) < 4.78 is 11.6. The first-order valence-electron chi connectivity index (χ1n) is 6.61. The molecule has 0 aliphatic carbocycles. The zero-order chi connectivity index (χ0) is 13.2. The van der Waals surface area contributed by atoms with Gasteiger partial charge in [0, 0.05) is 19.1 Å². The van der Waals surface area contributed by atoms with Crippen LogP contribution < -0.4 is 5.32 Å². The van der Waals surface area contributed by atoms with Gasteiger partial charge in [-0.3, -0.25) is 9.69 Å². The van der Waals surface area contributed by atoms with Crippen molar-refractivity contribution in [2.45, 2.75) is 25.0 Å². The molecule has 5 nitrogen and oxygen atoms in total. The molecule has 19 heavy (non-hydrogen) atoms. The SMILES string of the molecule is O=C(NCC1CN2CCCC2CO1)c1ccc(Br)o1. The Kier molecular flexibility index (Phi) is 3.91. The summed E-state index contributed by atoms with van der Waals surface area (Å²) in [5, 5.41) is 2.86. The first-order chi connectivity index (χ1) is 9.22. The summed E-state index contributed by atoms with van der Waals surface area (Å²) in [5.41, 5.74) is 0. The molecule has 2 unspecified atom stereocenters. The molecule has 2 aliphatic heterocycles. The Morgan fingerprint density at radius 1 is 1.53 bits per heavy atom. The molecule has 1 amide bonds. The van der Waals surface area contributed by atoms with Crippen LogP contribution in [0.3, 0.4) is 0 Å². The minimum Gasteiger partial charge on any atom is -0.444 e. The van der Waals surface area contributed by atoms with Crippen LogP contribution >= 0.6 is 15.9 Å². The molecule has 0 bridgehead atoms. The lowest BCUT2D eigenvalue weighted by molar-refractivity contribution is -0.0462. The van der Waals surface area contributed by atoms with Crippen LogP contribution in [0.15, 0.2) is 21.2 Å². The number of carbonyl (C=O) groups excluding carboxylic acids is 1. The van der Waals surface area contributed by atoms with Crippen LogP contribution in [0.1, 0.15) is 23.4 Å². The van der Waals surface area contributed by atoms with E-state index < -0.39 is 0 Å². The molecule has 3 heterocycles. The van der Waals surface area contributed by atoms with Crippen LogP contribution in [0, 0.1) is 0 Å². The van der Waals surface area contributed by atoms with E-state index in [2.05, 4.69) is 26.1 Å². The number of ether oxygens (including phenoxy) is 1. The highest BCUT2D eigenvalue weighted by molar-refractivity contribution is 9.10. The molecule has 0 radical (unpaired) electrons. The third-order valence-electron chi connectivity index (χ3n) is 3.75. The van der Waals surface area contributed by atoms with Crippen LogP contribution in [-0.4, -0.2) is 49.2 Å². The molecule has 1 aromatic heterocycles. The third kappa shape index (κ3) is 3.01. The van der Waals surface area contributed by atoms with Crippen LogP contribution in [0.2, 0.25) is 0 Å². The van der Waals surface area contributed by atoms with E-state index in [0.717, 1.165) is 19.7 Å². The van der Waals surface area contributed by atoms with Crippen molar-refractivity contribution in [1.29, 1.82) is 0 Å². The first kappa shape index (κ1) is 13.1. The van der Waals surface area contributed by atoms with E-state index in [-0.39, 0.29) is 12.0 Å². The van der Waals surface area contributed by atoms with E-state index in [1.54, 1.807) is 12.1 Å². The monoisotopic (exact) mass is 328 g/mol. The Balaban J connectivity index is 1.48. The Labute approximate surface area is 120 Å². The third-order valence-corrected chi connectivity index (χ3v) is 4.18. The van der Waals surface area contributed by atoms with Gasteiger partial charge in [-0.05, 0) is 47.4 Å². The van der Waals surface area contributed by atoms with Gasteiger partial charge in [0.15, 0.2) is 10.4 Å². The van der Waals surface area contributed by atoms with Crippen molar-refractivity contribution >= 4 is 21.8 Å². The summed E-state index contributed by atoms with van der Waals surface area (Å²) in [6, 6.07) is 3.95. The number of fused-ring (bicyclic) bond motifs is 1. The van der Waals surface area contributed by atoms with Gasteiger partial charge in [0.05, 0.1) is 12.7 Å². The lowest BCUT2D eigenvalue weighted by Crippen LogP contribution is -2.50. The maximum atomic E-state index is 11.8. The fourth-order valence-electron chi connectivity index (χ4n) is 2.74. The van der Waals surface area contributed by atoms with E-state index >= 15 is 0 Å². The number of hydrogen-bond donors (Lipinski definition) is 1. The summed E-state index contributed by atoms with van der Waals surface area (Å²) in [4.78, 5) is 14.3. The van der Waals surface area contributed by atoms with Crippen molar-refractivity contribution in [1.82, 2.24) is 10.2 Å². The van der Waals surface area contributed by atoms with Gasteiger partial charge in [0.2, 0.25) is 0 Å². The molecule has 2 fully saturated rings. The number of rotatable bonds is 3. The summed E-state index contributed by atoms with van der Waals surface area (Å²) in [7, 11) is 0. The molecule has 1 N–H and O–H groups in total. The minimum atomic E-state index is -0.196. The average molecular weight is 329 g/mol. The number of hydrogen-bond acceptors (Lipinski definition) is 4. The smallest absolute Gasteiger partial charge is 0.287 e. The molecular weight excluding hydrogens is 312 g/mol. The van der Waals surface area contributed by atoms with Gasteiger partial charge >= 0.3 is 0 Å². The number of furan rings is 1. The second kappa shape index (κ2) is 5.64. The molecule has 3 rings (SSSR count). The lowest BCUT2D eigenvalue weighted by atomic mass is 10.2. The average Bonchev–Trinajstić information content (AvgIpc) is 3.03. The Morgan fingerprint density at radius 2 is 2.42 bits per heavy atom. The van der Waals surface area contributed by atoms with E-state index in [1.165, 1.54) is 12.8 Å². The number of morpholine rings is 1. The molecule has 0 spiro atoms. The van der Waals surface area contributed by atoms with Crippen molar-refractivity contribution in [2.24, 2.45) is 0 Å². The number of nitrogens with zero attached hydrogens (tertiary/aromatic N) is 1. The predicted octanol–water partition coefficient (Wildman–Crippen LogP) is 1.64. The van der Waals surface area contributed by atoms with Crippen LogP contribution in [0.25, 0.3) is 0 Å². The summed E-state index contributed by atoms with van der Waals surface area (Å²) in [5.74, 6) is 0.125. The molecule has 2 atom stereocenters. The van der Waals surface area contributed by atoms with Gasteiger partial charge in [0.1, 0.15) is 0 Å². The standard InChI is InChI=1S/C13H17BrN2O3/c14-12-4-3-11(19-12)13(17)15-6-10-7-16-5-1-2-9(16)8-18-10/h3-4,9-10H,1-2,5-8H2,(H,15,17). The highest BCUT2D eigenvalue weighted by Gasteiger charge is 2.32. The van der Waals surface area contributed by atoms with Gasteiger partial charge in [-0.15, -0.1) is 0 Å². The van der Waals surface area contributed by atoms with Crippen LogP contribution in [-0.2, 0) is 4.74 Å². The summed E-state index contributed by atoms with van der Waals surface area (Å²) >= 11 is 3.18. The number of halogens is 1. The fourth-order valence-corrected chi connectivity index (χ4v) is 3.05. The van der Waals surface area contributed by atoms with Crippen molar-refractivity contribution in [3.63, 3.8) is 0 Å². The predicted molar refractivity (Wildman–Crippen MR) is 73.1 cm³/mol. The topological polar surface area (TPSA) is 54.7 Å². The van der Waals surface area contributed by atoms with Gasteiger partial charge < -0.3 is 14.5 Å². The number of amides is 1. The molecule has 2 saturated heterocycles. The second-order valence-corrected chi connectivity index (χ2v) is 5.84. The van der Waals surface area contributed by atoms with Gasteiger partial charge in [-0.2, -0.15) is 0 Å². The zero-order valence-corrected chi connectivity index (χ0v) is 12.2. The number of nitrogens with one attached hydrogen (secondary N) is 1. The molecule has 2 aliphatic rings. The minimum absolute atomic E-state index is 0.0803. The number of carbonyl (C=O) groups is 1. The summed E-state index contributed by atoms with van der Waals surface area (Å²) in [6.07, 6.45) is 2.57. The Bertz CT molecular complexity index is 462. The Hall–Kier alpha value is -0.850. The normalized spacial score (nSPS) is 27.2.